The number of benzene rings is 2. The summed E-state index contributed by atoms with van der Waals surface area (Å²) in [6, 6.07) is 17.1. The first-order valence-electron chi connectivity index (χ1n) is 7.12. The Balaban J connectivity index is 1.74. The molecule has 0 saturated carbocycles. The van der Waals surface area contributed by atoms with E-state index >= 15 is 0 Å². The highest BCUT2D eigenvalue weighted by atomic mass is 79.9. The zero-order valence-corrected chi connectivity index (χ0v) is 13.9. The van der Waals surface area contributed by atoms with E-state index in [-0.39, 0.29) is 5.54 Å². The Kier molecular flexibility index (Phi) is 3.87. The summed E-state index contributed by atoms with van der Waals surface area (Å²) in [6.07, 6.45) is 1.98. The van der Waals surface area contributed by atoms with Crippen LogP contribution < -0.4 is 5.32 Å². The highest BCUT2D eigenvalue weighted by Gasteiger charge is 2.19. The number of nitrogens with one attached hydrogen (secondary N) is 2. The molecule has 0 amide bonds. The molecule has 108 valence electrons. The minimum Gasteiger partial charge on any atom is -0.361 e. The Labute approximate surface area is 133 Å². The number of aromatic amines is 1. The SMILES string of the molecule is CC(C)(NCc1ccc2[nH]ccc2c1)c1ccc(Br)cc1. The number of rotatable bonds is 4. The van der Waals surface area contributed by atoms with Crippen molar-refractivity contribution in [1.82, 2.24) is 10.3 Å². The predicted octanol–water partition coefficient (Wildman–Crippen LogP) is 4.96. The molecule has 21 heavy (non-hydrogen) atoms. The first kappa shape index (κ1) is 14.4. The standard InChI is InChI=1S/C18H19BrN2/c1-18(2,15-4-6-16(19)7-5-15)21-12-13-3-8-17-14(11-13)9-10-20-17/h3-11,20-21H,12H2,1-2H3. The van der Waals surface area contributed by atoms with Crippen molar-refractivity contribution in [2.75, 3.05) is 0 Å². The van der Waals surface area contributed by atoms with Crippen LogP contribution in [0.15, 0.2) is 59.2 Å². The van der Waals surface area contributed by atoms with Gasteiger partial charge < -0.3 is 10.3 Å². The van der Waals surface area contributed by atoms with E-state index in [1.807, 2.05) is 6.20 Å². The van der Waals surface area contributed by atoms with Crippen molar-refractivity contribution < 1.29 is 0 Å². The summed E-state index contributed by atoms with van der Waals surface area (Å²) in [5, 5.41) is 4.90. The number of hydrogen-bond acceptors (Lipinski definition) is 1. The maximum absolute atomic E-state index is 3.64. The van der Waals surface area contributed by atoms with Crippen LogP contribution in [-0.2, 0) is 12.1 Å². The van der Waals surface area contributed by atoms with E-state index in [9.17, 15) is 0 Å². The number of aromatic nitrogens is 1. The molecule has 1 heterocycles. The maximum atomic E-state index is 3.64. The van der Waals surface area contributed by atoms with Gasteiger partial charge in [0.2, 0.25) is 0 Å². The number of fused-ring (bicyclic) bond motifs is 1. The Morgan fingerprint density at radius 1 is 1.05 bits per heavy atom. The molecule has 3 rings (SSSR count). The monoisotopic (exact) mass is 342 g/mol. The van der Waals surface area contributed by atoms with Crippen molar-refractivity contribution in [3.63, 3.8) is 0 Å². The van der Waals surface area contributed by atoms with Gasteiger partial charge in [-0.3, -0.25) is 0 Å². The summed E-state index contributed by atoms with van der Waals surface area (Å²) >= 11 is 3.48. The van der Waals surface area contributed by atoms with Gasteiger partial charge >= 0.3 is 0 Å². The molecule has 2 aromatic carbocycles. The second-order valence-corrected chi connectivity index (χ2v) is 6.80. The second kappa shape index (κ2) is 5.66. The van der Waals surface area contributed by atoms with Crippen LogP contribution in [0.5, 0.6) is 0 Å². The van der Waals surface area contributed by atoms with Gasteiger partial charge in [-0.25, -0.2) is 0 Å². The largest absolute Gasteiger partial charge is 0.361 e. The summed E-state index contributed by atoms with van der Waals surface area (Å²) in [5.41, 5.74) is 3.71. The Bertz CT molecular complexity index is 741. The first-order valence-corrected chi connectivity index (χ1v) is 7.91. The maximum Gasteiger partial charge on any atom is 0.0454 e. The third kappa shape index (κ3) is 3.20. The van der Waals surface area contributed by atoms with Crippen molar-refractivity contribution in [1.29, 1.82) is 0 Å². The fraction of sp³-hybridized carbons (Fsp3) is 0.222. The molecular formula is C18H19BrN2. The third-order valence-electron chi connectivity index (χ3n) is 3.92. The van der Waals surface area contributed by atoms with Gasteiger partial charge in [-0.15, -0.1) is 0 Å². The van der Waals surface area contributed by atoms with Gasteiger partial charge in [0, 0.05) is 28.3 Å². The van der Waals surface area contributed by atoms with E-state index in [0.717, 1.165) is 11.0 Å². The Morgan fingerprint density at radius 2 is 1.81 bits per heavy atom. The van der Waals surface area contributed by atoms with Crippen LogP contribution >= 0.6 is 15.9 Å². The van der Waals surface area contributed by atoms with Gasteiger partial charge in [0.05, 0.1) is 0 Å². The molecule has 0 aliphatic heterocycles. The first-order chi connectivity index (χ1) is 10.0. The summed E-state index contributed by atoms with van der Waals surface area (Å²) < 4.78 is 1.11. The van der Waals surface area contributed by atoms with Gasteiger partial charge in [0.15, 0.2) is 0 Å². The van der Waals surface area contributed by atoms with Crippen molar-refractivity contribution in [3.8, 4) is 0 Å². The average Bonchev–Trinajstić information content (AvgIpc) is 2.93. The van der Waals surface area contributed by atoms with Crippen LogP contribution in [0.1, 0.15) is 25.0 Å². The number of halogens is 1. The van der Waals surface area contributed by atoms with Crippen molar-refractivity contribution in [2.45, 2.75) is 25.9 Å². The van der Waals surface area contributed by atoms with Crippen molar-refractivity contribution in [3.05, 3.63) is 70.3 Å². The van der Waals surface area contributed by atoms with Crippen LogP contribution in [0.4, 0.5) is 0 Å². The van der Waals surface area contributed by atoms with E-state index in [2.05, 4.69) is 88.6 Å². The molecule has 0 atom stereocenters. The van der Waals surface area contributed by atoms with E-state index in [4.69, 9.17) is 0 Å². The second-order valence-electron chi connectivity index (χ2n) is 5.88. The zero-order chi connectivity index (χ0) is 14.9. The Hall–Kier alpha value is -1.58. The molecule has 3 heteroatoms. The van der Waals surface area contributed by atoms with Crippen molar-refractivity contribution >= 4 is 26.8 Å². The van der Waals surface area contributed by atoms with E-state index in [1.165, 1.54) is 22.0 Å². The minimum atomic E-state index is -0.0617. The highest BCUT2D eigenvalue weighted by Crippen LogP contribution is 2.23. The molecule has 0 spiro atoms. The quantitative estimate of drug-likeness (QED) is 0.689. The molecule has 2 N–H and O–H groups in total. The summed E-state index contributed by atoms with van der Waals surface area (Å²) in [7, 11) is 0. The van der Waals surface area contributed by atoms with Gasteiger partial charge in [0.25, 0.3) is 0 Å². The lowest BCUT2D eigenvalue weighted by Gasteiger charge is -2.27. The van der Waals surface area contributed by atoms with Gasteiger partial charge in [0.1, 0.15) is 0 Å². The summed E-state index contributed by atoms with van der Waals surface area (Å²) in [5.74, 6) is 0. The lowest BCUT2D eigenvalue weighted by molar-refractivity contribution is 0.401. The van der Waals surface area contributed by atoms with Crippen LogP contribution in [0.25, 0.3) is 10.9 Å². The number of H-pyrrole nitrogens is 1. The topological polar surface area (TPSA) is 27.8 Å². The fourth-order valence-corrected chi connectivity index (χ4v) is 2.77. The molecule has 0 radical (unpaired) electrons. The lowest BCUT2D eigenvalue weighted by atomic mass is 9.94. The minimum absolute atomic E-state index is 0.0617. The molecule has 2 nitrogen and oxygen atoms in total. The molecule has 0 unspecified atom stereocenters. The van der Waals surface area contributed by atoms with Crippen LogP contribution in [0.2, 0.25) is 0 Å². The molecule has 0 bridgehead atoms. The molecule has 0 fully saturated rings. The molecule has 0 aliphatic rings. The molecular weight excluding hydrogens is 324 g/mol. The summed E-state index contributed by atoms with van der Waals surface area (Å²) in [6.45, 7) is 5.28. The van der Waals surface area contributed by atoms with Crippen LogP contribution in [-0.4, -0.2) is 4.98 Å². The fourth-order valence-electron chi connectivity index (χ4n) is 2.50. The van der Waals surface area contributed by atoms with Crippen LogP contribution in [0.3, 0.4) is 0 Å². The molecule has 3 aromatic rings. The molecule has 0 aliphatic carbocycles. The van der Waals surface area contributed by atoms with E-state index < -0.39 is 0 Å². The number of hydrogen-bond donors (Lipinski definition) is 2. The molecule has 1 aromatic heterocycles. The predicted molar refractivity (Wildman–Crippen MR) is 92.3 cm³/mol. The third-order valence-corrected chi connectivity index (χ3v) is 4.45. The molecule has 0 saturated heterocycles. The smallest absolute Gasteiger partial charge is 0.0454 e. The Morgan fingerprint density at radius 3 is 2.57 bits per heavy atom. The van der Waals surface area contributed by atoms with E-state index in [0.29, 0.717) is 0 Å². The van der Waals surface area contributed by atoms with Crippen molar-refractivity contribution in [2.24, 2.45) is 0 Å². The van der Waals surface area contributed by atoms with Gasteiger partial charge in [-0.1, -0.05) is 34.1 Å². The average molecular weight is 343 g/mol. The summed E-state index contributed by atoms with van der Waals surface area (Å²) in [4.78, 5) is 3.23. The van der Waals surface area contributed by atoms with Crippen LogP contribution in [0, 0.1) is 0 Å². The highest BCUT2D eigenvalue weighted by molar-refractivity contribution is 9.10. The normalized spacial score (nSPS) is 12.0. The zero-order valence-electron chi connectivity index (χ0n) is 12.3. The lowest BCUT2D eigenvalue weighted by Crippen LogP contribution is -2.35. The van der Waals surface area contributed by atoms with Gasteiger partial charge in [-0.2, -0.15) is 0 Å². The van der Waals surface area contributed by atoms with E-state index in [1.54, 1.807) is 0 Å². The van der Waals surface area contributed by atoms with Gasteiger partial charge in [-0.05, 0) is 60.7 Å².